The highest BCUT2D eigenvalue weighted by Crippen LogP contribution is 2.36. The Hall–Kier alpha value is -2.83. The second-order valence-corrected chi connectivity index (χ2v) is 11.0. The van der Waals surface area contributed by atoms with Crippen molar-refractivity contribution in [3.63, 3.8) is 0 Å². The monoisotopic (exact) mass is 499 g/mol. The summed E-state index contributed by atoms with van der Waals surface area (Å²) in [5.74, 6) is -0.615. The fourth-order valence-corrected chi connectivity index (χ4v) is 4.27. The zero-order valence-corrected chi connectivity index (χ0v) is 23.1. The molecule has 0 aromatic heterocycles. The first-order valence-corrected chi connectivity index (χ1v) is 13.3. The fraction of sp³-hybridized carbons (Fsp3) is 0.621. The lowest BCUT2D eigenvalue weighted by Crippen LogP contribution is -2.56. The molecule has 4 atom stereocenters. The average Bonchev–Trinajstić information content (AvgIpc) is 3.64. The molecule has 7 nitrogen and oxygen atoms in total. The van der Waals surface area contributed by atoms with Gasteiger partial charge in [0, 0.05) is 12.1 Å². The lowest BCUT2D eigenvalue weighted by Gasteiger charge is -2.36. The van der Waals surface area contributed by atoms with Gasteiger partial charge in [0.2, 0.25) is 11.8 Å². The molecule has 2 N–H and O–H groups in total. The summed E-state index contributed by atoms with van der Waals surface area (Å²) in [4.78, 5) is 42.3. The van der Waals surface area contributed by atoms with Gasteiger partial charge in [-0.3, -0.25) is 9.59 Å². The van der Waals surface area contributed by atoms with Gasteiger partial charge in [-0.2, -0.15) is 0 Å². The van der Waals surface area contributed by atoms with Crippen molar-refractivity contribution in [2.75, 3.05) is 0 Å². The Bertz CT molecular complexity index is 919. The smallest absolute Gasteiger partial charge is 0.408 e. The van der Waals surface area contributed by atoms with Crippen LogP contribution in [0.5, 0.6) is 0 Å². The van der Waals surface area contributed by atoms with E-state index < -0.39 is 23.8 Å². The maximum absolute atomic E-state index is 14.2. The highest BCUT2D eigenvalue weighted by atomic mass is 16.6. The summed E-state index contributed by atoms with van der Waals surface area (Å²) in [5, 5.41) is 5.93. The molecule has 0 aliphatic heterocycles. The quantitative estimate of drug-likeness (QED) is 0.391. The second kappa shape index (κ2) is 12.9. The highest BCUT2D eigenvalue weighted by Gasteiger charge is 2.45. The molecule has 2 rings (SSSR count). The van der Waals surface area contributed by atoms with Crippen LogP contribution in [0.15, 0.2) is 30.8 Å². The number of amides is 3. The van der Waals surface area contributed by atoms with Gasteiger partial charge in [-0.15, -0.1) is 0 Å². The van der Waals surface area contributed by atoms with Crippen LogP contribution >= 0.6 is 0 Å². The van der Waals surface area contributed by atoms with Gasteiger partial charge in [-0.1, -0.05) is 64.5 Å². The topological polar surface area (TPSA) is 87.7 Å². The zero-order valence-electron chi connectivity index (χ0n) is 23.1. The van der Waals surface area contributed by atoms with Crippen LogP contribution in [0.1, 0.15) is 97.7 Å². The van der Waals surface area contributed by atoms with Gasteiger partial charge in [-0.05, 0) is 70.1 Å². The normalized spacial score (nSPS) is 16.8. The predicted molar refractivity (Wildman–Crippen MR) is 144 cm³/mol. The van der Waals surface area contributed by atoms with E-state index in [-0.39, 0.29) is 29.8 Å². The summed E-state index contributed by atoms with van der Waals surface area (Å²) in [6.45, 7) is 17.2. The van der Waals surface area contributed by atoms with Crippen molar-refractivity contribution in [1.82, 2.24) is 15.5 Å². The Morgan fingerprint density at radius 3 is 2.36 bits per heavy atom. The first-order chi connectivity index (χ1) is 16.9. The third-order valence-electron chi connectivity index (χ3n) is 6.45. The van der Waals surface area contributed by atoms with Crippen LogP contribution in [0.3, 0.4) is 0 Å². The minimum atomic E-state index is -0.809. The van der Waals surface area contributed by atoms with E-state index in [2.05, 4.69) is 24.1 Å². The Labute approximate surface area is 217 Å². The largest absolute Gasteiger partial charge is 0.444 e. The summed E-state index contributed by atoms with van der Waals surface area (Å²) in [7, 11) is 0. The van der Waals surface area contributed by atoms with Gasteiger partial charge in [-0.25, -0.2) is 4.79 Å². The van der Waals surface area contributed by atoms with E-state index in [4.69, 9.17) is 4.74 Å². The number of ether oxygens (including phenoxy) is 1. The van der Waals surface area contributed by atoms with Gasteiger partial charge in [0.25, 0.3) is 0 Å². The van der Waals surface area contributed by atoms with Crippen LogP contribution in [0, 0.1) is 5.92 Å². The zero-order chi connectivity index (χ0) is 27.0. The molecule has 3 amide bonds. The van der Waals surface area contributed by atoms with E-state index in [9.17, 15) is 14.4 Å². The third-order valence-corrected chi connectivity index (χ3v) is 6.45. The first kappa shape index (κ1) is 29.4. The molecule has 0 spiro atoms. The Morgan fingerprint density at radius 1 is 1.17 bits per heavy atom. The Balaban J connectivity index is 2.49. The molecule has 1 saturated carbocycles. The number of rotatable bonds is 12. The van der Waals surface area contributed by atoms with E-state index in [1.54, 1.807) is 31.7 Å². The maximum atomic E-state index is 14.2. The van der Waals surface area contributed by atoms with Gasteiger partial charge < -0.3 is 20.3 Å². The van der Waals surface area contributed by atoms with E-state index >= 15 is 0 Å². The van der Waals surface area contributed by atoms with E-state index in [0.29, 0.717) is 6.42 Å². The van der Waals surface area contributed by atoms with Gasteiger partial charge in [0.05, 0.1) is 0 Å². The van der Waals surface area contributed by atoms with Crippen LogP contribution in [0.4, 0.5) is 4.79 Å². The summed E-state index contributed by atoms with van der Waals surface area (Å²) in [5.41, 5.74) is 0.918. The number of hydrogen-bond donors (Lipinski definition) is 2. The highest BCUT2D eigenvalue weighted by molar-refractivity contribution is 5.93. The van der Waals surface area contributed by atoms with Crippen LogP contribution in [-0.4, -0.2) is 46.5 Å². The molecule has 4 unspecified atom stereocenters. The van der Waals surface area contributed by atoms with Crippen molar-refractivity contribution in [1.29, 1.82) is 0 Å². The lowest BCUT2D eigenvalue weighted by atomic mass is 9.95. The molecule has 1 aliphatic rings. The average molecular weight is 500 g/mol. The van der Waals surface area contributed by atoms with Gasteiger partial charge >= 0.3 is 6.09 Å². The molecule has 1 aromatic carbocycles. The van der Waals surface area contributed by atoms with E-state index in [1.165, 1.54) is 0 Å². The molecule has 200 valence electrons. The number of nitrogens with zero attached hydrogens (tertiary/aromatic N) is 1. The second-order valence-electron chi connectivity index (χ2n) is 11.0. The van der Waals surface area contributed by atoms with Crippen molar-refractivity contribution in [2.45, 2.75) is 110 Å². The van der Waals surface area contributed by atoms with Crippen LogP contribution < -0.4 is 10.6 Å². The van der Waals surface area contributed by atoms with Crippen LogP contribution in [-0.2, 0) is 14.3 Å². The number of alkyl carbamates (subject to hydrolysis) is 1. The van der Waals surface area contributed by atoms with Gasteiger partial charge in [0.1, 0.15) is 17.7 Å². The molecular formula is C29H45N3O4. The standard InChI is InChI=1S/C29H45N3O4/c1-9-13-20(5)30-26(33)25(22-15-12-14-21(11-3)18-22)32(23-16-17-23)27(34)24(19(4)10-2)31-28(35)36-29(6,7)8/h11-12,14-15,18-20,23-25H,3,9-10,13,16-17H2,1-2,4-8H3,(H,30,33)(H,31,35). The van der Waals surface area contributed by atoms with Crippen LogP contribution in [0.25, 0.3) is 6.08 Å². The molecule has 0 heterocycles. The summed E-state index contributed by atoms with van der Waals surface area (Å²) in [6, 6.07) is 5.88. The minimum Gasteiger partial charge on any atom is -0.444 e. The molecule has 1 aliphatic carbocycles. The minimum absolute atomic E-state index is 0.0195. The van der Waals surface area contributed by atoms with E-state index in [1.807, 2.05) is 45.0 Å². The SMILES string of the molecule is C=Cc1cccc(C(C(=O)NC(C)CCC)N(C(=O)C(NC(=O)OC(C)(C)C)C(C)CC)C2CC2)c1. The van der Waals surface area contributed by atoms with Crippen molar-refractivity contribution in [3.05, 3.63) is 42.0 Å². The Kier molecular flexibility index (Phi) is 10.6. The third kappa shape index (κ3) is 8.38. The number of hydrogen-bond acceptors (Lipinski definition) is 4. The van der Waals surface area contributed by atoms with Crippen molar-refractivity contribution in [2.24, 2.45) is 5.92 Å². The van der Waals surface area contributed by atoms with Crippen molar-refractivity contribution >= 4 is 24.0 Å². The Morgan fingerprint density at radius 2 is 1.83 bits per heavy atom. The van der Waals surface area contributed by atoms with Crippen LogP contribution in [0.2, 0.25) is 0 Å². The number of nitrogens with one attached hydrogen (secondary N) is 2. The predicted octanol–water partition coefficient (Wildman–Crippen LogP) is 5.61. The molecule has 1 aromatic rings. The molecule has 0 bridgehead atoms. The van der Waals surface area contributed by atoms with E-state index in [0.717, 1.165) is 36.8 Å². The lowest BCUT2D eigenvalue weighted by molar-refractivity contribution is -0.144. The van der Waals surface area contributed by atoms with Crippen molar-refractivity contribution < 1.29 is 19.1 Å². The molecule has 1 fully saturated rings. The number of carbonyl (C=O) groups excluding carboxylic acids is 3. The molecule has 7 heteroatoms. The fourth-order valence-electron chi connectivity index (χ4n) is 4.27. The molecule has 0 radical (unpaired) electrons. The first-order valence-electron chi connectivity index (χ1n) is 13.3. The molecular weight excluding hydrogens is 454 g/mol. The molecule has 36 heavy (non-hydrogen) atoms. The number of carbonyl (C=O) groups is 3. The van der Waals surface area contributed by atoms with Gasteiger partial charge in [0.15, 0.2) is 0 Å². The number of benzene rings is 1. The summed E-state index contributed by atoms with van der Waals surface area (Å²) < 4.78 is 5.46. The summed E-state index contributed by atoms with van der Waals surface area (Å²) in [6.07, 6.45) is 5.20. The molecule has 0 saturated heterocycles. The summed E-state index contributed by atoms with van der Waals surface area (Å²) >= 11 is 0. The maximum Gasteiger partial charge on any atom is 0.408 e. The van der Waals surface area contributed by atoms with Crippen molar-refractivity contribution in [3.8, 4) is 0 Å².